The first-order chi connectivity index (χ1) is 19.6. The SMILES string of the molecule is CCNC(=O)N1CCN(C[C@@H]2CCCN2C(=O)CN2CCC[C@H](NS(=O)(=O)c3cc4cc(Cl)ccc4s3)C2=O)CC1. The molecule has 0 bridgehead atoms. The molecule has 0 radical (unpaired) electrons. The van der Waals surface area contributed by atoms with E-state index in [-0.39, 0.29) is 34.6 Å². The van der Waals surface area contributed by atoms with Gasteiger partial charge in [0.15, 0.2) is 0 Å². The van der Waals surface area contributed by atoms with Gasteiger partial charge in [-0.2, -0.15) is 4.72 Å². The fraction of sp³-hybridized carbons (Fsp3) is 0.593. The van der Waals surface area contributed by atoms with Crippen molar-refractivity contribution >= 4 is 60.9 Å². The van der Waals surface area contributed by atoms with Crippen molar-refractivity contribution in [1.29, 1.82) is 0 Å². The molecule has 1 aromatic heterocycles. The number of sulfonamides is 1. The van der Waals surface area contributed by atoms with Crippen LogP contribution in [0.1, 0.15) is 32.6 Å². The number of fused-ring (bicyclic) bond motifs is 1. The van der Waals surface area contributed by atoms with E-state index in [4.69, 9.17) is 11.6 Å². The highest BCUT2D eigenvalue weighted by atomic mass is 35.5. The molecule has 3 aliphatic heterocycles. The second-order valence-corrected chi connectivity index (χ2v) is 14.3. The standard InChI is InChI=1S/C27H37ClN6O5S2/c1-2-29-27(37)32-13-11-31(12-14-32)17-21-5-3-10-34(21)24(35)18-33-9-4-6-22(26(33)36)30-41(38,39)25-16-19-15-20(28)7-8-23(19)40-25/h7-8,15-16,21-22,30H,2-6,9-14,17-18H2,1H3,(H,29,37)/t21-,22-/m0/s1. The average Bonchev–Trinajstić information content (AvgIpc) is 3.59. The summed E-state index contributed by atoms with van der Waals surface area (Å²) in [4.78, 5) is 46.2. The number of likely N-dealkylation sites (tertiary alicyclic amines) is 2. The van der Waals surface area contributed by atoms with E-state index in [1.807, 2.05) is 16.7 Å². The third-order valence-electron chi connectivity index (χ3n) is 8.03. The Bertz CT molecular complexity index is 1390. The molecule has 41 heavy (non-hydrogen) atoms. The maximum absolute atomic E-state index is 13.4. The minimum atomic E-state index is -3.92. The number of rotatable bonds is 8. The molecule has 3 saturated heterocycles. The van der Waals surface area contributed by atoms with Crippen molar-refractivity contribution in [3.05, 3.63) is 29.3 Å². The number of nitrogens with one attached hydrogen (secondary N) is 2. The van der Waals surface area contributed by atoms with E-state index < -0.39 is 16.1 Å². The van der Waals surface area contributed by atoms with Crippen molar-refractivity contribution in [1.82, 2.24) is 29.6 Å². The molecule has 0 unspecified atom stereocenters. The van der Waals surface area contributed by atoms with E-state index in [1.165, 1.54) is 4.90 Å². The normalized spacial score (nSPS) is 22.5. The topological polar surface area (TPSA) is 122 Å². The molecule has 11 nitrogen and oxygen atoms in total. The number of urea groups is 1. The molecule has 1 aromatic carbocycles. The van der Waals surface area contributed by atoms with Crippen molar-refractivity contribution < 1.29 is 22.8 Å². The molecule has 2 aromatic rings. The molecule has 0 aliphatic carbocycles. The van der Waals surface area contributed by atoms with Crippen LogP contribution < -0.4 is 10.0 Å². The van der Waals surface area contributed by atoms with Crippen LogP contribution in [0, 0.1) is 0 Å². The first-order valence-electron chi connectivity index (χ1n) is 14.2. The van der Waals surface area contributed by atoms with E-state index >= 15 is 0 Å². The highest BCUT2D eigenvalue weighted by Crippen LogP contribution is 2.31. The van der Waals surface area contributed by atoms with Crippen molar-refractivity contribution in [3.8, 4) is 0 Å². The van der Waals surface area contributed by atoms with Crippen LogP contribution in [0.3, 0.4) is 0 Å². The molecule has 14 heteroatoms. The van der Waals surface area contributed by atoms with Gasteiger partial charge in [-0.15, -0.1) is 11.3 Å². The van der Waals surface area contributed by atoms with Crippen LogP contribution in [0.2, 0.25) is 5.02 Å². The Morgan fingerprint density at radius 2 is 1.80 bits per heavy atom. The van der Waals surface area contributed by atoms with Crippen LogP contribution in [0.25, 0.3) is 10.1 Å². The van der Waals surface area contributed by atoms with Crippen molar-refractivity contribution in [2.75, 3.05) is 58.9 Å². The van der Waals surface area contributed by atoms with Crippen LogP contribution >= 0.6 is 22.9 Å². The summed E-state index contributed by atoms with van der Waals surface area (Å²) in [5.74, 6) is -0.471. The summed E-state index contributed by atoms with van der Waals surface area (Å²) >= 11 is 7.17. The third-order valence-corrected chi connectivity index (χ3v) is 11.3. The molecule has 3 fully saturated rings. The zero-order chi connectivity index (χ0) is 29.1. The summed E-state index contributed by atoms with van der Waals surface area (Å²) in [5.41, 5.74) is 0. The fourth-order valence-corrected chi connectivity index (χ4v) is 8.68. The summed E-state index contributed by atoms with van der Waals surface area (Å²) in [6.07, 6.45) is 2.80. The number of hydrogen-bond donors (Lipinski definition) is 2. The Morgan fingerprint density at radius 1 is 1.05 bits per heavy atom. The van der Waals surface area contributed by atoms with E-state index in [1.54, 1.807) is 24.3 Å². The monoisotopic (exact) mass is 624 g/mol. The Balaban J connectivity index is 1.16. The second-order valence-electron chi connectivity index (χ2n) is 10.8. The molecule has 0 saturated carbocycles. The van der Waals surface area contributed by atoms with Gasteiger partial charge in [0.2, 0.25) is 11.8 Å². The van der Waals surface area contributed by atoms with Crippen LogP contribution in [0.4, 0.5) is 4.79 Å². The van der Waals surface area contributed by atoms with Gasteiger partial charge < -0.3 is 20.0 Å². The molecule has 0 spiro atoms. The van der Waals surface area contributed by atoms with Gasteiger partial charge in [-0.25, -0.2) is 13.2 Å². The number of thiophene rings is 1. The molecular weight excluding hydrogens is 588 g/mol. The molecular formula is C27H37ClN6O5S2. The van der Waals surface area contributed by atoms with Crippen LogP contribution in [-0.2, 0) is 19.6 Å². The lowest BCUT2D eigenvalue weighted by Crippen LogP contribution is -2.56. The molecule has 2 atom stereocenters. The van der Waals surface area contributed by atoms with Gasteiger partial charge in [-0.1, -0.05) is 11.6 Å². The summed E-state index contributed by atoms with van der Waals surface area (Å²) in [7, 11) is -3.92. The zero-order valence-electron chi connectivity index (χ0n) is 23.2. The maximum Gasteiger partial charge on any atom is 0.317 e. The molecule has 3 aliphatic rings. The van der Waals surface area contributed by atoms with Crippen molar-refractivity contribution in [2.24, 2.45) is 0 Å². The molecule has 5 rings (SSSR count). The number of piperidine rings is 1. The fourth-order valence-electron chi connectivity index (χ4n) is 5.88. The largest absolute Gasteiger partial charge is 0.338 e. The predicted octanol–water partition coefficient (Wildman–Crippen LogP) is 2.16. The van der Waals surface area contributed by atoms with E-state index in [2.05, 4.69) is 14.9 Å². The number of halogens is 1. The van der Waals surface area contributed by atoms with E-state index in [9.17, 15) is 22.8 Å². The number of carbonyl (C=O) groups excluding carboxylic acids is 3. The number of nitrogens with zero attached hydrogens (tertiary/aromatic N) is 4. The highest BCUT2D eigenvalue weighted by molar-refractivity contribution is 7.91. The third kappa shape index (κ3) is 6.96. The smallest absolute Gasteiger partial charge is 0.317 e. The Labute approximate surface area is 249 Å². The van der Waals surface area contributed by atoms with Gasteiger partial charge >= 0.3 is 6.03 Å². The highest BCUT2D eigenvalue weighted by Gasteiger charge is 2.37. The number of amides is 4. The lowest BCUT2D eigenvalue weighted by atomic mass is 10.1. The van der Waals surface area contributed by atoms with E-state index in [0.29, 0.717) is 50.6 Å². The first kappa shape index (κ1) is 30.0. The van der Waals surface area contributed by atoms with Gasteiger partial charge in [-0.3, -0.25) is 14.5 Å². The van der Waals surface area contributed by atoms with Crippen LogP contribution in [-0.4, -0.2) is 117 Å². The van der Waals surface area contributed by atoms with Gasteiger partial charge in [-0.05, 0) is 62.3 Å². The molecule has 224 valence electrons. The number of carbonyl (C=O) groups is 3. The molecule has 4 heterocycles. The second kappa shape index (κ2) is 12.8. The molecule has 4 amide bonds. The van der Waals surface area contributed by atoms with Crippen LogP contribution in [0.15, 0.2) is 28.5 Å². The summed E-state index contributed by atoms with van der Waals surface area (Å²) < 4.78 is 29.8. The van der Waals surface area contributed by atoms with Gasteiger partial charge in [0.1, 0.15) is 10.3 Å². The Kier molecular flexibility index (Phi) is 9.39. The lowest BCUT2D eigenvalue weighted by Gasteiger charge is -2.38. The zero-order valence-corrected chi connectivity index (χ0v) is 25.6. The summed E-state index contributed by atoms with van der Waals surface area (Å²) in [6.45, 7) is 7.09. The van der Waals surface area contributed by atoms with Crippen molar-refractivity contribution in [2.45, 2.75) is 48.9 Å². The number of piperazine rings is 1. The minimum Gasteiger partial charge on any atom is -0.338 e. The Hall–Kier alpha value is -2.45. The van der Waals surface area contributed by atoms with Gasteiger partial charge in [0.05, 0.1) is 6.54 Å². The molecule has 2 N–H and O–H groups in total. The number of benzene rings is 1. The van der Waals surface area contributed by atoms with E-state index in [0.717, 1.165) is 53.9 Å². The quantitative estimate of drug-likeness (QED) is 0.464. The average molecular weight is 625 g/mol. The predicted molar refractivity (Wildman–Crippen MR) is 159 cm³/mol. The maximum atomic E-state index is 13.4. The van der Waals surface area contributed by atoms with Gasteiger partial charge in [0.25, 0.3) is 10.0 Å². The minimum absolute atomic E-state index is 0.0367. The summed E-state index contributed by atoms with van der Waals surface area (Å²) in [6, 6.07) is 5.88. The van der Waals surface area contributed by atoms with Crippen molar-refractivity contribution in [3.63, 3.8) is 0 Å². The van der Waals surface area contributed by atoms with Gasteiger partial charge in [0, 0.05) is 68.1 Å². The van der Waals surface area contributed by atoms with Crippen LogP contribution in [0.5, 0.6) is 0 Å². The number of hydrogen-bond acceptors (Lipinski definition) is 7. The summed E-state index contributed by atoms with van der Waals surface area (Å²) in [5, 5.41) is 4.09. The Morgan fingerprint density at radius 3 is 2.56 bits per heavy atom. The first-order valence-corrected chi connectivity index (χ1v) is 16.9. The lowest BCUT2D eigenvalue weighted by molar-refractivity contribution is -0.143.